The average Bonchev–Trinajstić information content (AvgIpc) is 2.93. The van der Waals surface area contributed by atoms with Crippen molar-refractivity contribution in [3.63, 3.8) is 0 Å². The molecule has 4 rings (SSSR count). The van der Waals surface area contributed by atoms with Gasteiger partial charge in [-0.3, -0.25) is 19.0 Å². The number of likely N-dealkylation sites (tertiary alicyclic amines) is 1. The Balaban J connectivity index is 1.26. The number of piperidine rings is 1. The Labute approximate surface area is 252 Å². The number of fused-ring (bicyclic) bond motifs is 1. The van der Waals surface area contributed by atoms with Crippen molar-refractivity contribution in [2.24, 2.45) is 0 Å². The molecule has 1 aromatic heterocycles. The van der Waals surface area contributed by atoms with Crippen molar-refractivity contribution >= 4 is 34.5 Å². The molecule has 2 saturated heterocycles. The van der Waals surface area contributed by atoms with E-state index in [1.54, 1.807) is 43.9 Å². The molecule has 0 aliphatic carbocycles. The Bertz CT molecular complexity index is 1360. The lowest BCUT2D eigenvalue weighted by atomic mass is 9.91. The zero-order valence-corrected chi connectivity index (χ0v) is 25.7. The lowest BCUT2D eigenvalue weighted by Gasteiger charge is -2.38. The van der Waals surface area contributed by atoms with Crippen LogP contribution in [0.2, 0.25) is 0 Å². The molecule has 0 unspecified atom stereocenters. The van der Waals surface area contributed by atoms with Crippen LogP contribution in [-0.2, 0) is 20.9 Å². The normalized spacial score (nSPS) is 17.9. The molecule has 236 valence electrons. The standard InChI is InChI=1S/C30H45N7O6/c1-29(2,3)43-28(41)31-11-7-26(39)36-13-9-30(42,10-14-36)20-37-21-32-24-19-22(5-6-23(24)27(37)40)33-25(38)8-12-35-17-15-34(4)16-18-35/h5-6,19,21,42H,7-18,20H2,1-4H3,(H,31,41)(H,33,38). The molecular weight excluding hydrogens is 554 g/mol. The molecule has 0 spiro atoms. The highest BCUT2D eigenvalue weighted by atomic mass is 16.6. The molecule has 13 nitrogen and oxygen atoms in total. The Hall–Kier alpha value is -3.55. The van der Waals surface area contributed by atoms with E-state index in [0.29, 0.717) is 55.5 Å². The SMILES string of the molecule is CN1CCN(CCC(=O)Nc2ccc3c(=O)n(CC4(O)CCN(C(=O)CCNC(=O)OC(C)(C)C)CC4)cnc3c2)CC1. The quantitative estimate of drug-likeness (QED) is 0.387. The van der Waals surface area contributed by atoms with E-state index in [-0.39, 0.29) is 36.9 Å². The minimum Gasteiger partial charge on any atom is -0.444 e. The third kappa shape index (κ3) is 9.47. The maximum absolute atomic E-state index is 13.2. The predicted octanol–water partition coefficient (Wildman–Crippen LogP) is 1.24. The summed E-state index contributed by atoms with van der Waals surface area (Å²) in [5, 5.41) is 17.1. The number of piperazine rings is 1. The number of likely N-dealkylation sites (N-methyl/N-ethyl adjacent to an activating group) is 1. The molecule has 0 radical (unpaired) electrons. The highest BCUT2D eigenvalue weighted by molar-refractivity contribution is 5.93. The number of alkyl carbamates (subject to hydrolysis) is 1. The van der Waals surface area contributed by atoms with Crippen LogP contribution in [-0.4, -0.2) is 118 Å². The van der Waals surface area contributed by atoms with E-state index in [1.165, 1.54) is 10.9 Å². The Morgan fingerprint density at radius 2 is 1.74 bits per heavy atom. The van der Waals surface area contributed by atoms with Crippen molar-refractivity contribution in [2.45, 2.75) is 64.2 Å². The number of hydrogen-bond acceptors (Lipinski definition) is 9. The second-order valence-electron chi connectivity index (χ2n) is 12.6. The highest BCUT2D eigenvalue weighted by Gasteiger charge is 2.34. The van der Waals surface area contributed by atoms with E-state index in [4.69, 9.17) is 4.74 Å². The van der Waals surface area contributed by atoms with Crippen LogP contribution < -0.4 is 16.2 Å². The smallest absolute Gasteiger partial charge is 0.407 e. The summed E-state index contributed by atoms with van der Waals surface area (Å²) < 4.78 is 6.58. The maximum Gasteiger partial charge on any atom is 0.407 e. The van der Waals surface area contributed by atoms with Crippen LogP contribution in [0.25, 0.3) is 10.9 Å². The summed E-state index contributed by atoms with van der Waals surface area (Å²) in [5.74, 6) is -0.206. The topological polar surface area (TPSA) is 149 Å². The predicted molar refractivity (Wildman–Crippen MR) is 163 cm³/mol. The Morgan fingerprint density at radius 1 is 1.05 bits per heavy atom. The fraction of sp³-hybridized carbons (Fsp3) is 0.633. The Morgan fingerprint density at radius 3 is 2.42 bits per heavy atom. The van der Waals surface area contributed by atoms with Crippen LogP contribution in [0.1, 0.15) is 46.5 Å². The summed E-state index contributed by atoms with van der Waals surface area (Å²) in [6, 6.07) is 5.03. The van der Waals surface area contributed by atoms with E-state index >= 15 is 0 Å². The number of carbonyl (C=O) groups is 3. The van der Waals surface area contributed by atoms with Crippen LogP contribution in [0, 0.1) is 0 Å². The van der Waals surface area contributed by atoms with Gasteiger partial charge in [0.05, 0.1) is 29.4 Å². The van der Waals surface area contributed by atoms with E-state index < -0.39 is 17.3 Å². The molecule has 1 aromatic carbocycles. The molecule has 3 amide bonds. The Kier molecular flexibility index (Phi) is 10.4. The van der Waals surface area contributed by atoms with Crippen LogP contribution in [0.4, 0.5) is 10.5 Å². The van der Waals surface area contributed by atoms with E-state index in [1.807, 2.05) is 0 Å². The molecule has 2 aromatic rings. The fourth-order valence-electron chi connectivity index (χ4n) is 5.29. The molecule has 2 fully saturated rings. The number of hydrogen-bond donors (Lipinski definition) is 3. The van der Waals surface area contributed by atoms with Crippen molar-refractivity contribution in [1.29, 1.82) is 0 Å². The molecular formula is C30H45N7O6. The minimum atomic E-state index is -1.16. The van der Waals surface area contributed by atoms with Gasteiger partial charge in [0.15, 0.2) is 0 Å². The second-order valence-corrected chi connectivity index (χ2v) is 12.6. The van der Waals surface area contributed by atoms with Gasteiger partial charge in [0.1, 0.15) is 5.60 Å². The van der Waals surface area contributed by atoms with E-state index in [2.05, 4.69) is 32.5 Å². The van der Waals surface area contributed by atoms with Gasteiger partial charge in [0.25, 0.3) is 5.56 Å². The number of aromatic nitrogens is 2. The van der Waals surface area contributed by atoms with Crippen LogP contribution in [0.5, 0.6) is 0 Å². The summed E-state index contributed by atoms with van der Waals surface area (Å²) in [6.07, 6.45) is 1.98. The van der Waals surface area contributed by atoms with Crippen molar-refractivity contribution in [3.05, 3.63) is 34.9 Å². The van der Waals surface area contributed by atoms with E-state index in [9.17, 15) is 24.3 Å². The molecule has 43 heavy (non-hydrogen) atoms. The summed E-state index contributed by atoms with van der Waals surface area (Å²) in [4.78, 5) is 60.8. The summed E-state index contributed by atoms with van der Waals surface area (Å²) in [7, 11) is 2.10. The van der Waals surface area contributed by atoms with Gasteiger partial charge in [-0.25, -0.2) is 9.78 Å². The van der Waals surface area contributed by atoms with Crippen molar-refractivity contribution in [3.8, 4) is 0 Å². The number of nitrogens with zero attached hydrogens (tertiary/aromatic N) is 5. The average molecular weight is 600 g/mol. The maximum atomic E-state index is 13.2. The first-order valence-electron chi connectivity index (χ1n) is 15.0. The van der Waals surface area contributed by atoms with Crippen molar-refractivity contribution in [1.82, 2.24) is 29.6 Å². The van der Waals surface area contributed by atoms with Crippen LogP contribution in [0.3, 0.4) is 0 Å². The van der Waals surface area contributed by atoms with Gasteiger partial charge >= 0.3 is 6.09 Å². The van der Waals surface area contributed by atoms with E-state index in [0.717, 1.165) is 26.2 Å². The minimum absolute atomic E-state index is 0.0573. The molecule has 0 atom stereocenters. The summed E-state index contributed by atoms with van der Waals surface area (Å²) >= 11 is 0. The number of rotatable bonds is 9. The number of ether oxygens (including phenoxy) is 1. The van der Waals surface area contributed by atoms with Crippen LogP contribution in [0.15, 0.2) is 29.3 Å². The molecule has 2 aliphatic heterocycles. The molecule has 3 heterocycles. The highest BCUT2D eigenvalue weighted by Crippen LogP contribution is 2.25. The third-order valence-corrected chi connectivity index (χ3v) is 7.88. The lowest BCUT2D eigenvalue weighted by Crippen LogP contribution is -2.50. The lowest BCUT2D eigenvalue weighted by molar-refractivity contribution is -0.135. The van der Waals surface area contributed by atoms with Crippen molar-refractivity contribution in [2.75, 3.05) is 64.7 Å². The molecule has 13 heteroatoms. The second kappa shape index (κ2) is 13.8. The number of benzene rings is 1. The van der Waals surface area contributed by atoms with Crippen molar-refractivity contribution < 1.29 is 24.2 Å². The van der Waals surface area contributed by atoms with Gasteiger partial charge < -0.3 is 35.2 Å². The number of anilines is 1. The zero-order valence-electron chi connectivity index (χ0n) is 25.7. The van der Waals surface area contributed by atoms with Gasteiger partial charge in [0, 0.05) is 70.9 Å². The largest absolute Gasteiger partial charge is 0.444 e. The first-order chi connectivity index (χ1) is 20.3. The summed E-state index contributed by atoms with van der Waals surface area (Å²) in [5.41, 5.74) is -1.01. The van der Waals surface area contributed by atoms with Gasteiger partial charge in [-0.15, -0.1) is 0 Å². The number of amides is 3. The molecule has 2 aliphatic rings. The first kappa shape index (κ1) is 32.4. The monoisotopic (exact) mass is 599 g/mol. The summed E-state index contributed by atoms with van der Waals surface area (Å²) in [6.45, 7) is 10.8. The fourth-order valence-corrected chi connectivity index (χ4v) is 5.29. The molecule has 0 bridgehead atoms. The third-order valence-electron chi connectivity index (χ3n) is 7.88. The van der Waals surface area contributed by atoms with Crippen LogP contribution >= 0.6 is 0 Å². The molecule has 3 N–H and O–H groups in total. The van der Waals surface area contributed by atoms with Gasteiger partial charge in [0.2, 0.25) is 11.8 Å². The zero-order chi connectivity index (χ0) is 31.2. The van der Waals surface area contributed by atoms with Gasteiger partial charge in [-0.1, -0.05) is 0 Å². The van der Waals surface area contributed by atoms with Gasteiger partial charge in [-0.05, 0) is 58.9 Å². The molecule has 0 saturated carbocycles. The number of carbonyl (C=O) groups excluding carboxylic acids is 3. The number of nitrogens with one attached hydrogen (secondary N) is 2. The number of aliphatic hydroxyl groups is 1. The van der Waals surface area contributed by atoms with Gasteiger partial charge in [-0.2, -0.15) is 0 Å². The first-order valence-corrected chi connectivity index (χ1v) is 15.0.